The molecule has 154 valence electrons. The Hall–Kier alpha value is -3.02. The van der Waals surface area contributed by atoms with E-state index in [0.717, 1.165) is 35.2 Å². The van der Waals surface area contributed by atoms with Gasteiger partial charge >= 0.3 is 0 Å². The highest BCUT2D eigenvalue weighted by Crippen LogP contribution is 2.27. The highest BCUT2D eigenvalue weighted by molar-refractivity contribution is 5.98. The standard InChI is InChI=1S/C25H27N3O2/c26-24(18-19-4-2-1-3-5-19)25(29)28(23-12-16-30-17-13-23)22-8-6-20(7-9-22)21-10-14-27-15-11-21/h1-11,14-15,23-24H,12-13,16-18,26H2/t24-/m1/s1. The Labute approximate surface area is 177 Å². The molecule has 1 aromatic heterocycles. The third kappa shape index (κ3) is 4.75. The van der Waals surface area contributed by atoms with E-state index >= 15 is 0 Å². The first-order valence-electron chi connectivity index (χ1n) is 10.4. The first kappa shape index (κ1) is 20.3. The molecule has 0 radical (unpaired) electrons. The van der Waals surface area contributed by atoms with Crippen LogP contribution >= 0.6 is 0 Å². The van der Waals surface area contributed by atoms with E-state index in [1.54, 1.807) is 12.4 Å². The van der Waals surface area contributed by atoms with Gasteiger partial charge in [-0.3, -0.25) is 9.78 Å². The number of amides is 1. The summed E-state index contributed by atoms with van der Waals surface area (Å²) in [6.07, 6.45) is 5.72. The minimum Gasteiger partial charge on any atom is -0.381 e. The summed E-state index contributed by atoms with van der Waals surface area (Å²) in [5.41, 5.74) is 10.5. The zero-order valence-electron chi connectivity index (χ0n) is 17.0. The van der Waals surface area contributed by atoms with Crippen LogP contribution < -0.4 is 10.6 Å². The number of anilines is 1. The number of pyridine rings is 1. The van der Waals surface area contributed by atoms with Gasteiger partial charge in [0.05, 0.1) is 6.04 Å². The molecule has 2 N–H and O–H groups in total. The Morgan fingerprint density at radius 2 is 1.60 bits per heavy atom. The summed E-state index contributed by atoms with van der Waals surface area (Å²) in [6, 6.07) is 21.5. The van der Waals surface area contributed by atoms with E-state index in [9.17, 15) is 4.79 Å². The van der Waals surface area contributed by atoms with Crippen LogP contribution in [0.1, 0.15) is 18.4 Å². The molecule has 5 heteroatoms. The van der Waals surface area contributed by atoms with Crippen molar-refractivity contribution in [3.8, 4) is 11.1 Å². The largest absolute Gasteiger partial charge is 0.381 e. The lowest BCUT2D eigenvalue weighted by Crippen LogP contribution is -2.51. The molecule has 0 saturated carbocycles. The fourth-order valence-corrected chi connectivity index (χ4v) is 3.95. The Morgan fingerprint density at radius 3 is 2.27 bits per heavy atom. The van der Waals surface area contributed by atoms with E-state index in [-0.39, 0.29) is 11.9 Å². The first-order chi connectivity index (χ1) is 14.7. The fourth-order valence-electron chi connectivity index (χ4n) is 3.95. The molecule has 1 saturated heterocycles. The molecular formula is C25H27N3O2. The Morgan fingerprint density at radius 1 is 0.967 bits per heavy atom. The lowest BCUT2D eigenvalue weighted by atomic mass is 10.0. The summed E-state index contributed by atoms with van der Waals surface area (Å²) in [6.45, 7) is 1.33. The summed E-state index contributed by atoms with van der Waals surface area (Å²) in [5, 5.41) is 0. The van der Waals surface area contributed by atoms with Crippen molar-refractivity contribution in [3.05, 3.63) is 84.7 Å². The number of rotatable bonds is 6. The van der Waals surface area contributed by atoms with Gasteiger partial charge in [0.15, 0.2) is 0 Å². The summed E-state index contributed by atoms with van der Waals surface area (Å²) in [7, 11) is 0. The Bertz CT molecular complexity index is 939. The second kappa shape index (κ2) is 9.65. The molecule has 1 fully saturated rings. The SMILES string of the molecule is N[C@H](Cc1ccccc1)C(=O)N(c1ccc(-c2ccncc2)cc1)C1CCOCC1. The van der Waals surface area contributed by atoms with Gasteiger partial charge in [0, 0.05) is 37.3 Å². The molecule has 0 spiro atoms. The predicted molar refractivity (Wildman–Crippen MR) is 119 cm³/mol. The molecule has 0 unspecified atom stereocenters. The van der Waals surface area contributed by atoms with Gasteiger partial charge in [-0.2, -0.15) is 0 Å². The van der Waals surface area contributed by atoms with Crippen molar-refractivity contribution in [2.75, 3.05) is 18.1 Å². The molecule has 2 heterocycles. The number of hydrogen-bond acceptors (Lipinski definition) is 4. The Balaban J connectivity index is 1.58. The maximum absolute atomic E-state index is 13.5. The van der Waals surface area contributed by atoms with Crippen LogP contribution in [0.2, 0.25) is 0 Å². The summed E-state index contributed by atoms with van der Waals surface area (Å²) >= 11 is 0. The van der Waals surface area contributed by atoms with E-state index in [2.05, 4.69) is 4.98 Å². The van der Waals surface area contributed by atoms with Gasteiger partial charge in [-0.1, -0.05) is 42.5 Å². The maximum Gasteiger partial charge on any atom is 0.244 e. The molecule has 1 aliphatic heterocycles. The van der Waals surface area contributed by atoms with E-state index in [1.165, 1.54) is 0 Å². The van der Waals surface area contributed by atoms with Crippen molar-refractivity contribution in [1.82, 2.24) is 4.98 Å². The van der Waals surface area contributed by atoms with E-state index in [1.807, 2.05) is 71.6 Å². The number of ether oxygens (including phenoxy) is 1. The predicted octanol–water partition coefficient (Wildman–Crippen LogP) is 3.83. The van der Waals surface area contributed by atoms with Crippen molar-refractivity contribution < 1.29 is 9.53 Å². The van der Waals surface area contributed by atoms with Crippen molar-refractivity contribution in [2.45, 2.75) is 31.3 Å². The average molecular weight is 402 g/mol. The zero-order chi connectivity index (χ0) is 20.8. The van der Waals surface area contributed by atoms with Crippen molar-refractivity contribution >= 4 is 11.6 Å². The number of benzene rings is 2. The van der Waals surface area contributed by atoms with Gasteiger partial charge in [-0.05, 0) is 60.2 Å². The molecule has 0 aliphatic carbocycles. The van der Waals surface area contributed by atoms with E-state index in [4.69, 9.17) is 10.5 Å². The van der Waals surface area contributed by atoms with E-state index < -0.39 is 6.04 Å². The number of aromatic nitrogens is 1. The lowest BCUT2D eigenvalue weighted by Gasteiger charge is -2.36. The molecular weight excluding hydrogens is 374 g/mol. The number of hydrogen-bond donors (Lipinski definition) is 1. The lowest BCUT2D eigenvalue weighted by molar-refractivity contribution is -0.120. The molecule has 0 bridgehead atoms. The van der Waals surface area contributed by atoms with E-state index in [0.29, 0.717) is 19.6 Å². The van der Waals surface area contributed by atoms with Gasteiger partial charge < -0.3 is 15.4 Å². The molecule has 3 aromatic rings. The van der Waals surface area contributed by atoms with Crippen LogP contribution in [0.3, 0.4) is 0 Å². The summed E-state index contributed by atoms with van der Waals surface area (Å²) in [4.78, 5) is 19.4. The van der Waals surface area contributed by atoms with Crippen LogP contribution in [-0.4, -0.2) is 36.2 Å². The van der Waals surface area contributed by atoms with Crippen molar-refractivity contribution in [1.29, 1.82) is 0 Å². The van der Waals surface area contributed by atoms with Crippen LogP contribution in [0.5, 0.6) is 0 Å². The molecule has 1 amide bonds. The van der Waals surface area contributed by atoms with Crippen LogP contribution in [0.25, 0.3) is 11.1 Å². The van der Waals surface area contributed by atoms with Gasteiger partial charge in [0.2, 0.25) is 5.91 Å². The first-order valence-corrected chi connectivity index (χ1v) is 10.4. The van der Waals surface area contributed by atoms with Gasteiger partial charge in [-0.15, -0.1) is 0 Å². The molecule has 1 atom stereocenters. The van der Waals surface area contributed by atoms with Crippen molar-refractivity contribution in [2.24, 2.45) is 5.73 Å². The van der Waals surface area contributed by atoms with Crippen molar-refractivity contribution in [3.63, 3.8) is 0 Å². The van der Waals surface area contributed by atoms with Crippen LogP contribution in [-0.2, 0) is 16.0 Å². The number of nitrogens with zero attached hydrogens (tertiary/aromatic N) is 2. The zero-order valence-corrected chi connectivity index (χ0v) is 17.0. The second-order valence-electron chi connectivity index (χ2n) is 7.63. The topological polar surface area (TPSA) is 68.5 Å². The summed E-state index contributed by atoms with van der Waals surface area (Å²) in [5.74, 6) is -0.0394. The monoisotopic (exact) mass is 401 g/mol. The minimum absolute atomic E-state index is 0.0394. The molecule has 2 aromatic carbocycles. The van der Waals surface area contributed by atoms with Crippen LogP contribution in [0.15, 0.2) is 79.1 Å². The fraction of sp³-hybridized carbons (Fsp3) is 0.280. The molecule has 5 nitrogen and oxygen atoms in total. The van der Waals surface area contributed by atoms with Gasteiger partial charge in [-0.25, -0.2) is 0 Å². The number of carbonyl (C=O) groups excluding carboxylic acids is 1. The Kier molecular flexibility index (Phi) is 6.52. The third-order valence-corrected chi connectivity index (χ3v) is 5.57. The van der Waals surface area contributed by atoms with Crippen LogP contribution in [0, 0.1) is 0 Å². The molecule has 30 heavy (non-hydrogen) atoms. The van der Waals surface area contributed by atoms with Gasteiger partial charge in [0.1, 0.15) is 0 Å². The second-order valence-corrected chi connectivity index (χ2v) is 7.63. The summed E-state index contributed by atoms with van der Waals surface area (Å²) < 4.78 is 5.52. The van der Waals surface area contributed by atoms with Crippen LogP contribution in [0.4, 0.5) is 5.69 Å². The van der Waals surface area contributed by atoms with Gasteiger partial charge in [0.25, 0.3) is 0 Å². The molecule has 1 aliphatic rings. The highest BCUT2D eigenvalue weighted by Gasteiger charge is 2.30. The average Bonchev–Trinajstić information content (AvgIpc) is 2.81. The number of carbonyl (C=O) groups is 1. The quantitative estimate of drug-likeness (QED) is 0.682. The minimum atomic E-state index is -0.588. The number of nitrogens with two attached hydrogens (primary N) is 1. The highest BCUT2D eigenvalue weighted by atomic mass is 16.5. The normalized spacial score (nSPS) is 15.5. The molecule has 4 rings (SSSR count). The smallest absolute Gasteiger partial charge is 0.244 e. The maximum atomic E-state index is 13.5. The third-order valence-electron chi connectivity index (χ3n) is 5.57.